The number of fused-ring (bicyclic) bond motifs is 1. The highest BCUT2D eigenvalue weighted by Crippen LogP contribution is 2.41. The summed E-state index contributed by atoms with van der Waals surface area (Å²) in [7, 11) is 0. The van der Waals surface area contributed by atoms with Crippen LogP contribution in [0.2, 0.25) is 0 Å². The van der Waals surface area contributed by atoms with Crippen LogP contribution >= 0.6 is 11.8 Å². The number of carbonyl (C=O) groups is 2. The molecule has 0 fully saturated rings. The molecule has 5 nitrogen and oxygen atoms in total. The zero-order valence-electron chi connectivity index (χ0n) is 14.6. The number of amides is 3. The molecule has 0 heterocycles. The minimum Gasteiger partial charge on any atom is -0.352 e. The summed E-state index contributed by atoms with van der Waals surface area (Å²) in [6.45, 7) is 4.47. The molecule has 132 valence electrons. The molecule has 24 heavy (non-hydrogen) atoms. The smallest absolute Gasteiger partial charge is 0.312 e. The molecule has 1 aliphatic carbocycles. The van der Waals surface area contributed by atoms with Gasteiger partial charge in [-0.3, -0.25) is 4.79 Å². The normalized spacial score (nSPS) is 19.9. The minimum absolute atomic E-state index is 0.0202. The van der Waals surface area contributed by atoms with Gasteiger partial charge in [0.15, 0.2) is 0 Å². The fourth-order valence-corrected chi connectivity index (χ4v) is 3.78. The van der Waals surface area contributed by atoms with Crippen molar-refractivity contribution < 1.29 is 9.59 Å². The summed E-state index contributed by atoms with van der Waals surface area (Å²) < 4.78 is 0. The van der Waals surface area contributed by atoms with Crippen molar-refractivity contribution in [1.82, 2.24) is 10.6 Å². The molecule has 1 aliphatic rings. The third-order valence-corrected chi connectivity index (χ3v) is 5.33. The molecule has 0 saturated carbocycles. The molecule has 2 atom stereocenters. The van der Waals surface area contributed by atoms with Gasteiger partial charge >= 0.3 is 6.03 Å². The number of urea groups is 1. The third-order valence-electron chi connectivity index (χ3n) is 4.68. The van der Waals surface area contributed by atoms with Crippen LogP contribution in [0, 0.1) is 0 Å². The monoisotopic (exact) mass is 349 g/mol. The first kappa shape index (κ1) is 18.6. The lowest BCUT2D eigenvalue weighted by molar-refractivity contribution is -0.123. The summed E-state index contributed by atoms with van der Waals surface area (Å²) >= 11 is 1.64. The highest BCUT2D eigenvalue weighted by atomic mass is 32.2. The van der Waals surface area contributed by atoms with Gasteiger partial charge in [0.2, 0.25) is 5.91 Å². The molecule has 1 aromatic carbocycles. The number of nitrogens with one attached hydrogen (secondary N) is 2. The van der Waals surface area contributed by atoms with E-state index in [0.717, 1.165) is 18.6 Å². The van der Waals surface area contributed by atoms with Gasteiger partial charge in [0, 0.05) is 0 Å². The number of thioether (sulfide) groups is 1. The molecule has 0 aromatic heterocycles. The van der Waals surface area contributed by atoms with E-state index in [1.165, 1.54) is 11.1 Å². The Bertz CT molecular complexity index is 604. The van der Waals surface area contributed by atoms with Crippen LogP contribution < -0.4 is 16.4 Å². The van der Waals surface area contributed by atoms with Gasteiger partial charge in [-0.05, 0) is 47.8 Å². The summed E-state index contributed by atoms with van der Waals surface area (Å²) in [6, 6.07) is 7.00. The number of hydrogen-bond acceptors (Lipinski definition) is 3. The maximum Gasteiger partial charge on any atom is 0.312 e. The number of primary amides is 1. The van der Waals surface area contributed by atoms with Gasteiger partial charge in [0.25, 0.3) is 0 Å². The Kier molecular flexibility index (Phi) is 6.15. The fraction of sp³-hybridized carbons (Fsp3) is 0.556. The molecule has 0 saturated heterocycles. The van der Waals surface area contributed by atoms with Gasteiger partial charge in [-0.1, -0.05) is 38.1 Å². The number of nitrogens with two attached hydrogens (primary N) is 1. The van der Waals surface area contributed by atoms with Crippen LogP contribution in [0.15, 0.2) is 24.3 Å². The largest absolute Gasteiger partial charge is 0.352 e. The van der Waals surface area contributed by atoms with Crippen LogP contribution in [-0.2, 0) is 10.2 Å². The van der Waals surface area contributed by atoms with Crippen LogP contribution in [0.5, 0.6) is 0 Å². The highest BCUT2D eigenvalue weighted by molar-refractivity contribution is 7.98. The molecule has 0 bridgehead atoms. The first-order valence-electron chi connectivity index (χ1n) is 8.30. The predicted molar refractivity (Wildman–Crippen MR) is 99.1 cm³/mol. The molecule has 0 unspecified atom stereocenters. The maximum absolute atomic E-state index is 12.6. The second-order valence-electron chi connectivity index (χ2n) is 6.91. The van der Waals surface area contributed by atoms with Gasteiger partial charge in [-0.2, -0.15) is 11.8 Å². The van der Waals surface area contributed by atoms with E-state index in [2.05, 4.69) is 36.6 Å². The lowest BCUT2D eigenvalue weighted by Crippen LogP contribution is -2.50. The maximum atomic E-state index is 12.6. The summed E-state index contributed by atoms with van der Waals surface area (Å²) in [6.07, 6.45) is 4.43. The van der Waals surface area contributed by atoms with Crippen LogP contribution in [0.4, 0.5) is 4.79 Å². The van der Waals surface area contributed by atoms with Crippen molar-refractivity contribution in [3.8, 4) is 0 Å². The van der Waals surface area contributed by atoms with Crippen molar-refractivity contribution in [1.29, 1.82) is 0 Å². The van der Waals surface area contributed by atoms with E-state index in [1.54, 1.807) is 11.8 Å². The Morgan fingerprint density at radius 1 is 1.38 bits per heavy atom. The summed E-state index contributed by atoms with van der Waals surface area (Å²) in [5, 5.41) is 5.67. The van der Waals surface area contributed by atoms with Gasteiger partial charge in [0.05, 0.1) is 6.04 Å². The number of benzene rings is 1. The third kappa shape index (κ3) is 4.44. The average Bonchev–Trinajstić information content (AvgIpc) is 2.54. The van der Waals surface area contributed by atoms with Gasteiger partial charge in [-0.25, -0.2) is 4.79 Å². The van der Waals surface area contributed by atoms with Crippen molar-refractivity contribution >= 4 is 23.7 Å². The van der Waals surface area contributed by atoms with E-state index in [9.17, 15) is 9.59 Å². The summed E-state index contributed by atoms with van der Waals surface area (Å²) in [4.78, 5) is 23.8. The zero-order chi connectivity index (χ0) is 17.7. The van der Waals surface area contributed by atoms with Crippen molar-refractivity contribution in [3.05, 3.63) is 35.4 Å². The molecule has 3 amide bonds. The second kappa shape index (κ2) is 7.92. The Hall–Kier alpha value is -1.69. The Morgan fingerprint density at radius 2 is 2.08 bits per heavy atom. The Labute approximate surface area is 148 Å². The predicted octanol–water partition coefficient (Wildman–Crippen LogP) is 2.71. The van der Waals surface area contributed by atoms with Crippen LogP contribution in [-0.4, -0.2) is 30.0 Å². The zero-order valence-corrected chi connectivity index (χ0v) is 15.4. The summed E-state index contributed by atoms with van der Waals surface area (Å²) in [5.41, 5.74) is 7.78. The van der Waals surface area contributed by atoms with E-state index in [1.807, 2.05) is 18.4 Å². The van der Waals surface area contributed by atoms with Crippen LogP contribution in [0.1, 0.15) is 50.3 Å². The topological polar surface area (TPSA) is 84.2 Å². The Balaban J connectivity index is 2.14. The van der Waals surface area contributed by atoms with E-state index < -0.39 is 12.1 Å². The molecule has 0 spiro atoms. The van der Waals surface area contributed by atoms with E-state index in [0.29, 0.717) is 6.42 Å². The van der Waals surface area contributed by atoms with Crippen molar-refractivity contribution in [2.45, 2.75) is 50.6 Å². The molecule has 1 aromatic rings. The average molecular weight is 350 g/mol. The lowest BCUT2D eigenvalue weighted by Gasteiger charge is -2.37. The standard InChI is InChI=1S/C18H27N3O2S/c1-18(2)10-8-14(12-6-4-5-7-13(12)18)20-16(22)15(9-11-24-3)21-17(19)23/h4-7,14-15H,8-11H2,1-3H3,(H,20,22)(H3,19,21,23)/t14-,15-/m1/s1. The van der Waals surface area contributed by atoms with Gasteiger partial charge in [-0.15, -0.1) is 0 Å². The first-order valence-corrected chi connectivity index (χ1v) is 9.69. The van der Waals surface area contributed by atoms with E-state index >= 15 is 0 Å². The van der Waals surface area contributed by atoms with E-state index in [-0.39, 0.29) is 17.4 Å². The highest BCUT2D eigenvalue weighted by Gasteiger charge is 2.33. The number of carbonyl (C=O) groups excluding carboxylic acids is 2. The molecular weight excluding hydrogens is 322 g/mol. The lowest BCUT2D eigenvalue weighted by atomic mass is 9.71. The molecule has 4 N–H and O–H groups in total. The van der Waals surface area contributed by atoms with Crippen LogP contribution in [0.3, 0.4) is 0 Å². The van der Waals surface area contributed by atoms with Gasteiger partial charge in [0.1, 0.15) is 6.04 Å². The summed E-state index contributed by atoms with van der Waals surface area (Å²) in [5.74, 6) is 0.620. The number of hydrogen-bond donors (Lipinski definition) is 3. The quantitative estimate of drug-likeness (QED) is 0.738. The van der Waals surface area contributed by atoms with Gasteiger partial charge < -0.3 is 16.4 Å². The number of rotatable bonds is 6. The minimum atomic E-state index is -0.665. The SMILES string of the molecule is CSCC[C@@H](NC(N)=O)C(=O)N[C@@H]1CCC(C)(C)c2ccccc21. The molecular formula is C18H27N3O2S. The first-order chi connectivity index (χ1) is 11.3. The molecule has 2 rings (SSSR count). The second-order valence-corrected chi connectivity index (χ2v) is 7.90. The molecule has 0 radical (unpaired) electrons. The fourth-order valence-electron chi connectivity index (χ4n) is 3.31. The van der Waals surface area contributed by atoms with Crippen molar-refractivity contribution in [2.75, 3.05) is 12.0 Å². The van der Waals surface area contributed by atoms with E-state index in [4.69, 9.17) is 5.73 Å². The van der Waals surface area contributed by atoms with Crippen molar-refractivity contribution in [2.24, 2.45) is 5.73 Å². The van der Waals surface area contributed by atoms with Crippen molar-refractivity contribution in [3.63, 3.8) is 0 Å². The Morgan fingerprint density at radius 3 is 2.75 bits per heavy atom. The molecule has 6 heteroatoms. The molecule has 0 aliphatic heterocycles. The van der Waals surface area contributed by atoms with Crippen LogP contribution in [0.25, 0.3) is 0 Å².